The maximum atomic E-state index is 14.0. The second kappa shape index (κ2) is 12.5. The third kappa shape index (κ3) is 6.45. The summed E-state index contributed by atoms with van der Waals surface area (Å²) >= 11 is 6.41. The topological polar surface area (TPSA) is 117 Å². The predicted molar refractivity (Wildman–Crippen MR) is 158 cm³/mol. The Morgan fingerprint density at radius 1 is 1.02 bits per heavy atom. The van der Waals surface area contributed by atoms with Crippen molar-refractivity contribution in [2.45, 2.75) is 64.2 Å². The van der Waals surface area contributed by atoms with Gasteiger partial charge in [0.2, 0.25) is 0 Å². The second-order valence-electron chi connectivity index (χ2n) is 10.6. The van der Waals surface area contributed by atoms with Crippen LogP contribution in [-0.4, -0.2) is 43.9 Å². The lowest BCUT2D eigenvalue weighted by molar-refractivity contribution is 0.292. The molecule has 0 spiro atoms. The summed E-state index contributed by atoms with van der Waals surface area (Å²) in [7, 11) is -3.07. The van der Waals surface area contributed by atoms with Gasteiger partial charge in [0.1, 0.15) is 34.7 Å². The Balaban J connectivity index is 1.41. The minimum atomic E-state index is -3.07. The highest BCUT2D eigenvalue weighted by molar-refractivity contribution is 7.92. The number of rotatable bonds is 8. The molecule has 1 aliphatic rings. The lowest BCUT2D eigenvalue weighted by Gasteiger charge is -2.27. The first-order valence-corrected chi connectivity index (χ1v) is 15.9. The zero-order valence-electron chi connectivity index (χ0n) is 23.8. The SMILES string of the molecule is CCS(=O)(=O)C1CCC(c2nccc(-c3cc(-n4c(C)cc(OCc5ncc(F)cc5F)c(Cl)c4=O)c(C)cn3)n2)CC1. The Hall–Kier alpha value is -3.77. The number of hydrogen-bond donors (Lipinski definition) is 0. The van der Waals surface area contributed by atoms with Crippen molar-refractivity contribution in [3.05, 3.63) is 92.6 Å². The maximum Gasteiger partial charge on any atom is 0.277 e. The van der Waals surface area contributed by atoms with Gasteiger partial charge in [-0.05, 0) is 57.2 Å². The minimum Gasteiger partial charge on any atom is -0.485 e. The number of ether oxygens (including phenoxy) is 1. The van der Waals surface area contributed by atoms with Gasteiger partial charge in [-0.15, -0.1) is 0 Å². The summed E-state index contributed by atoms with van der Waals surface area (Å²) in [6.07, 6.45) is 6.71. The van der Waals surface area contributed by atoms with Crippen molar-refractivity contribution in [3.63, 3.8) is 0 Å². The molecule has 0 bridgehead atoms. The third-order valence-corrected chi connectivity index (χ3v) is 10.4. The van der Waals surface area contributed by atoms with Crippen LogP contribution >= 0.6 is 11.6 Å². The second-order valence-corrected chi connectivity index (χ2v) is 13.5. The summed E-state index contributed by atoms with van der Waals surface area (Å²) < 4.78 is 58.8. The number of pyridine rings is 3. The van der Waals surface area contributed by atoms with E-state index in [0.29, 0.717) is 65.9 Å². The maximum absolute atomic E-state index is 14.0. The van der Waals surface area contributed by atoms with E-state index in [1.165, 1.54) is 4.57 Å². The van der Waals surface area contributed by atoms with Crippen LogP contribution in [0.5, 0.6) is 5.75 Å². The van der Waals surface area contributed by atoms with E-state index in [-0.39, 0.29) is 40.0 Å². The molecule has 9 nitrogen and oxygen atoms in total. The van der Waals surface area contributed by atoms with E-state index in [9.17, 15) is 22.0 Å². The Morgan fingerprint density at radius 3 is 2.47 bits per heavy atom. The van der Waals surface area contributed by atoms with Crippen molar-refractivity contribution in [2.24, 2.45) is 0 Å². The van der Waals surface area contributed by atoms with Gasteiger partial charge in [0.15, 0.2) is 15.7 Å². The highest BCUT2D eigenvalue weighted by Crippen LogP contribution is 2.35. The van der Waals surface area contributed by atoms with E-state index in [2.05, 4.69) is 15.0 Å². The molecule has 0 radical (unpaired) electrons. The molecule has 1 fully saturated rings. The average Bonchev–Trinajstić information content (AvgIpc) is 3.00. The first-order valence-electron chi connectivity index (χ1n) is 13.8. The molecule has 4 heterocycles. The fraction of sp³-hybridized carbons (Fsp3) is 0.367. The fourth-order valence-corrected chi connectivity index (χ4v) is 6.96. The predicted octanol–water partition coefficient (Wildman–Crippen LogP) is 5.67. The molecule has 5 rings (SSSR count). The van der Waals surface area contributed by atoms with Gasteiger partial charge in [0.25, 0.3) is 5.56 Å². The molecule has 4 aromatic heterocycles. The largest absolute Gasteiger partial charge is 0.485 e. The average molecular weight is 630 g/mol. The lowest BCUT2D eigenvalue weighted by atomic mass is 9.88. The highest BCUT2D eigenvalue weighted by Gasteiger charge is 2.31. The molecule has 43 heavy (non-hydrogen) atoms. The number of nitrogens with zero attached hydrogens (tertiary/aromatic N) is 5. The van der Waals surface area contributed by atoms with Crippen LogP contribution in [-0.2, 0) is 16.4 Å². The third-order valence-electron chi connectivity index (χ3n) is 7.75. The van der Waals surface area contributed by atoms with Gasteiger partial charge < -0.3 is 4.74 Å². The van der Waals surface area contributed by atoms with Crippen LogP contribution in [0, 0.1) is 25.5 Å². The monoisotopic (exact) mass is 629 g/mol. The van der Waals surface area contributed by atoms with Crippen molar-refractivity contribution in [2.75, 3.05) is 5.75 Å². The van der Waals surface area contributed by atoms with Gasteiger partial charge in [-0.2, -0.15) is 0 Å². The molecule has 0 atom stereocenters. The first kappa shape index (κ1) is 30.7. The van der Waals surface area contributed by atoms with Gasteiger partial charge in [-0.3, -0.25) is 19.3 Å². The van der Waals surface area contributed by atoms with E-state index in [1.807, 2.05) is 6.92 Å². The standard InChI is InChI=1S/C30H30ClF2N5O4S/c1-4-43(40,41)21-7-5-19(6-8-21)29-34-10-9-23(37-29)24-13-26(17(2)14-35-24)38-18(3)11-27(28(31)30(38)39)42-16-25-22(33)12-20(32)15-36-25/h9-15,19,21H,4-8,16H2,1-3H3. The summed E-state index contributed by atoms with van der Waals surface area (Å²) in [5, 5.41) is -0.528. The molecular formula is C30H30ClF2N5O4S. The molecule has 0 saturated heterocycles. The van der Waals surface area contributed by atoms with Crippen molar-refractivity contribution < 1.29 is 21.9 Å². The molecular weight excluding hydrogens is 600 g/mol. The Labute approximate surface area is 252 Å². The minimum absolute atomic E-state index is 0.0415. The van der Waals surface area contributed by atoms with Gasteiger partial charge in [-0.25, -0.2) is 27.2 Å². The van der Waals surface area contributed by atoms with E-state index in [1.54, 1.807) is 44.4 Å². The summed E-state index contributed by atoms with van der Waals surface area (Å²) in [4.78, 5) is 30.9. The number of aromatic nitrogens is 5. The molecule has 0 aromatic carbocycles. The van der Waals surface area contributed by atoms with Gasteiger partial charge in [0.05, 0.1) is 28.5 Å². The van der Waals surface area contributed by atoms with Crippen molar-refractivity contribution >= 4 is 21.4 Å². The van der Waals surface area contributed by atoms with Crippen LogP contribution < -0.4 is 10.3 Å². The van der Waals surface area contributed by atoms with Crippen LogP contribution in [0.1, 0.15) is 61.3 Å². The molecule has 0 N–H and O–H groups in total. The molecule has 4 aromatic rings. The van der Waals surface area contributed by atoms with Crippen LogP contribution in [0.3, 0.4) is 0 Å². The molecule has 13 heteroatoms. The molecule has 0 amide bonds. The lowest BCUT2D eigenvalue weighted by Crippen LogP contribution is -2.28. The van der Waals surface area contributed by atoms with Crippen LogP contribution in [0.25, 0.3) is 17.1 Å². The van der Waals surface area contributed by atoms with E-state index >= 15 is 0 Å². The van der Waals surface area contributed by atoms with Crippen molar-refractivity contribution in [1.29, 1.82) is 0 Å². The number of halogens is 3. The van der Waals surface area contributed by atoms with Gasteiger partial charge in [-0.1, -0.05) is 18.5 Å². The smallest absolute Gasteiger partial charge is 0.277 e. The normalized spacial score (nSPS) is 17.2. The molecule has 0 unspecified atom stereocenters. The summed E-state index contributed by atoms with van der Waals surface area (Å²) in [6, 6.07) is 5.74. The van der Waals surface area contributed by atoms with Crippen molar-refractivity contribution in [1.82, 2.24) is 24.5 Å². The van der Waals surface area contributed by atoms with Gasteiger partial charge >= 0.3 is 0 Å². The quantitative estimate of drug-likeness (QED) is 0.245. The van der Waals surface area contributed by atoms with Gasteiger partial charge in [0, 0.05) is 41.9 Å². The zero-order valence-corrected chi connectivity index (χ0v) is 25.4. The summed E-state index contributed by atoms with van der Waals surface area (Å²) in [6.45, 7) is 4.85. The van der Waals surface area contributed by atoms with E-state index in [0.717, 1.165) is 6.20 Å². The summed E-state index contributed by atoms with van der Waals surface area (Å²) in [5.74, 6) is -0.810. The zero-order chi connectivity index (χ0) is 30.9. The number of sulfone groups is 1. The van der Waals surface area contributed by atoms with Crippen LogP contribution in [0.15, 0.2) is 47.7 Å². The Bertz CT molecular complexity index is 1840. The van der Waals surface area contributed by atoms with Crippen molar-refractivity contribution in [3.8, 4) is 22.8 Å². The molecule has 1 aliphatic carbocycles. The molecule has 1 saturated carbocycles. The number of hydrogen-bond acceptors (Lipinski definition) is 8. The Kier molecular flexibility index (Phi) is 8.89. The fourth-order valence-electron chi connectivity index (χ4n) is 5.30. The van der Waals surface area contributed by atoms with E-state index < -0.39 is 27.0 Å². The van der Waals surface area contributed by atoms with E-state index in [4.69, 9.17) is 21.3 Å². The highest BCUT2D eigenvalue weighted by atomic mass is 35.5. The van der Waals surface area contributed by atoms with Crippen LogP contribution in [0.2, 0.25) is 5.02 Å². The molecule has 226 valence electrons. The molecule has 0 aliphatic heterocycles. The summed E-state index contributed by atoms with van der Waals surface area (Å²) in [5.41, 5.74) is 2.16. The number of aryl methyl sites for hydroxylation is 2. The Morgan fingerprint density at radius 2 is 1.77 bits per heavy atom. The van der Waals surface area contributed by atoms with Crippen LogP contribution in [0.4, 0.5) is 8.78 Å². The first-order chi connectivity index (χ1) is 20.5.